The van der Waals surface area contributed by atoms with Crippen LogP contribution in [-0.4, -0.2) is 24.2 Å². The monoisotopic (exact) mass is 301 g/mol. The summed E-state index contributed by atoms with van der Waals surface area (Å²) in [7, 11) is 0. The molecule has 1 amide bonds. The van der Waals surface area contributed by atoms with Crippen LogP contribution in [0.5, 0.6) is 5.75 Å². The zero-order valence-electron chi connectivity index (χ0n) is 12.2. The van der Waals surface area contributed by atoms with Crippen molar-refractivity contribution in [2.75, 3.05) is 13.2 Å². The first-order valence-corrected chi connectivity index (χ1v) is 7.44. The molecular weight excluding hydrogens is 282 g/mol. The minimum absolute atomic E-state index is 0.220. The average molecular weight is 301 g/mol. The molecule has 1 aromatic carbocycles. The number of aliphatic hydroxyl groups excluding tert-OH is 1. The number of aliphatic hydroxyl groups is 1. The number of rotatable bonds is 7. The summed E-state index contributed by atoms with van der Waals surface area (Å²) < 4.78 is 10.8. The highest BCUT2D eigenvalue weighted by Gasteiger charge is 2.22. The molecule has 1 fully saturated rings. The van der Waals surface area contributed by atoms with Crippen LogP contribution in [-0.2, 0) is 0 Å². The maximum atomic E-state index is 12.2. The summed E-state index contributed by atoms with van der Waals surface area (Å²) in [4.78, 5) is 12.2. The fourth-order valence-corrected chi connectivity index (χ4v) is 2.14. The van der Waals surface area contributed by atoms with Gasteiger partial charge < -0.3 is 19.6 Å². The molecule has 0 saturated heterocycles. The van der Waals surface area contributed by atoms with Gasteiger partial charge in [-0.1, -0.05) is 0 Å². The summed E-state index contributed by atoms with van der Waals surface area (Å²) in [5.41, 5.74) is 0.517. The van der Waals surface area contributed by atoms with Crippen molar-refractivity contribution in [3.8, 4) is 5.75 Å². The molecule has 1 aliphatic carbocycles. The highest BCUT2D eigenvalue weighted by Crippen LogP contribution is 2.29. The van der Waals surface area contributed by atoms with E-state index in [1.54, 1.807) is 36.4 Å². The lowest BCUT2D eigenvalue weighted by Crippen LogP contribution is -2.30. The number of amides is 1. The summed E-state index contributed by atoms with van der Waals surface area (Å²) >= 11 is 0. The molecule has 1 atom stereocenters. The second kappa shape index (κ2) is 6.66. The fourth-order valence-electron chi connectivity index (χ4n) is 2.14. The van der Waals surface area contributed by atoms with Gasteiger partial charge in [0.2, 0.25) is 0 Å². The van der Waals surface area contributed by atoms with Crippen LogP contribution in [0.15, 0.2) is 47.1 Å². The lowest BCUT2D eigenvalue weighted by Gasteiger charge is -2.14. The van der Waals surface area contributed by atoms with Gasteiger partial charge >= 0.3 is 0 Å². The van der Waals surface area contributed by atoms with E-state index in [0.29, 0.717) is 17.2 Å². The molecule has 1 saturated carbocycles. The Hall–Kier alpha value is -2.27. The summed E-state index contributed by atoms with van der Waals surface area (Å²) in [6.07, 6.45) is 4.00. The molecule has 5 heteroatoms. The van der Waals surface area contributed by atoms with Gasteiger partial charge in [0.05, 0.1) is 19.5 Å². The Bertz CT molecular complexity index is 602. The van der Waals surface area contributed by atoms with E-state index in [-0.39, 0.29) is 12.5 Å². The maximum Gasteiger partial charge on any atom is 0.251 e. The van der Waals surface area contributed by atoms with Gasteiger partial charge in [-0.15, -0.1) is 0 Å². The van der Waals surface area contributed by atoms with E-state index in [1.165, 1.54) is 19.1 Å². The number of carbonyl (C=O) groups excluding carboxylic acids is 1. The third-order valence-corrected chi connectivity index (χ3v) is 3.67. The molecule has 2 N–H and O–H groups in total. The van der Waals surface area contributed by atoms with E-state index >= 15 is 0 Å². The molecular formula is C17H19NO4. The average Bonchev–Trinajstić information content (AvgIpc) is 3.23. The van der Waals surface area contributed by atoms with Crippen molar-refractivity contribution in [3.63, 3.8) is 0 Å². The maximum absolute atomic E-state index is 12.2. The van der Waals surface area contributed by atoms with E-state index in [1.807, 2.05) is 0 Å². The highest BCUT2D eigenvalue weighted by atomic mass is 16.5. The molecule has 5 nitrogen and oxygen atoms in total. The van der Waals surface area contributed by atoms with Crippen LogP contribution >= 0.6 is 0 Å². The first kappa shape index (κ1) is 14.7. The van der Waals surface area contributed by atoms with E-state index in [2.05, 4.69) is 5.32 Å². The van der Waals surface area contributed by atoms with Crippen LogP contribution in [0.1, 0.15) is 35.0 Å². The van der Waals surface area contributed by atoms with Crippen molar-refractivity contribution >= 4 is 5.91 Å². The number of carbonyl (C=O) groups is 1. The van der Waals surface area contributed by atoms with E-state index in [9.17, 15) is 9.90 Å². The Morgan fingerprint density at radius 1 is 1.32 bits per heavy atom. The van der Waals surface area contributed by atoms with Crippen molar-refractivity contribution < 1.29 is 19.1 Å². The largest absolute Gasteiger partial charge is 0.493 e. The SMILES string of the molecule is O=C(NC(CO)c1ccco1)c1ccc(OCC2CC2)cc1. The minimum atomic E-state index is -0.548. The zero-order valence-corrected chi connectivity index (χ0v) is 12.2. The van der Waals surface area contributed by atoms with Gasteiger partial charge in [-0.05, 0) is 55.2 Å². The Balaban J connectivity index is 1.58. The lowest BCUT2D eigenvalue weighted by atomic mass is 10.1. The molecule has 1 unspecified atom stereocenters. The summed E-state index contributed by atoms with van der Waals surface area (Å²) in [6.45, 7) is 0.526. The van der Waals surface area contributed by atoms with Gasteiger partial charge in [-0.3, -0.25) is 4.79 Å². The molecule has 0 aliphatic heterocycles. The summed E-state index contributed by atoms with van der Waals surface area (Å²) in [5, 5.41) is 12.1. The third kappa shape index (κ3) is 3.68. The number of ether oxygens (including phenoxy) is 1. The molecule has 1 aromatic heterocycles. The van der Waals surface area contributed by atoms with Crippen LogP contribution in [0.2, 0.25) is 0 Å². The standard InChI is InChI=1S/C17H19NO4/c19-10-15(16-2-1-9-21-16)18-17(20)13-5-7-14(8-6-13)22-11-12-3-4-12/h1-2,5-9,12,15,19H,3-4,10-11H2,(H,18,20). The Morgan fingerprint density at radius 2 is 2.09 bits per heavy atom. The fraction of sp³-hybridized carbons (Fsp3) is 0.353. The van der Waals surface area contributed by atoms with E-state index in [4.69, 9.17) is 9.15 Å². The van der Waals surface area contributed by atoms with E-state index < -0.39 is 6.04 Å². The van der Waals surface area contributed by atoms with Crippen LogP contribution in [0.3, 0.4) is 0 Å². The van der Waals surface area contributed by atoms with Crippen molar-refractivity contribution in [2.45, 2.75) is 18.9 Å². The van der Waals surface area contributed by atoms with Gasteiger partial charge in [0.25, 0.3) is 5.91 Å². The van der Waals surface area contributed by atoms with Crippen LogP contribution < -0.4 is 10.1 Å². The smallest absolute Gasteiger partial charge is 0.251 e. The topological polar surface area (TPSA) is 71.7 Å². The van der Waals surface area contributed by atoms with Crippen LogP contribution in [0, 0.1) is 5.92 Å². The van der Waals surface area contributed by atoms with Gasteiger partial charge in [0.1, 0.15) is 17.6 Å². The quantitative estimate of drug-likeness (QED) is 0.824. The number of furan rings is 1. The second-order valence-electron chi connectivity index (χ2n) is 5.50. The zero-order chi connectivity index (χ0) is 15.4. The third-order valence-electron chi connectivity index (χ3n) is 3.67. The molecule has 3 rings (SSSR count). The Kier molecular flexibility index (Phi) is 4.44. The van der Waals surface area contributed by atoms with Crippen LogP contribution in [0.4, 0.5) is 0 Å². The first-order chi connectivity index (χ1) is 10.8. The van der Waals surface area contributed by atoms with Gasteiger partial charge in [0.15, 0.2) is 0 Å². The lowest BCUT2D eigenvalue weighted by molar-refractivity contribution is 0.0907. The molecule has 0 spiro atoms. The highest BCUT2D eigenvalue weighted by molar-refractivity contribution is 5.94. The molecule has 116 valence electrons. The van der Waals surface area contributed by atoms with Gasteiger partial charge in [-0.2, -0.15) is 0 Å². The second-order valence-corrected chi connectivity index (χ2v) is 5.50. The van der Waals surface area contributed by atoms with Crippen molar-refractivity contribution in [2.24, 2.45) is 5.92 Å². The Morgan fingerprint density at radius 3 is 2.68 bits per heavy atom. The minimum Gasteiger partial charge on any atom is -0.493 e. The normalized spacial score (nSPS) is 15.3. The molecule has 0 bridgehead atoms. The van der Waals surface area contributed by atoms with Crippen molar-refractivity contribution in [1.82, 2.24) is 5.32 Å². The number of benzene rings is 1. The molecule has 22 heavy (non-hydrogen) atoms. The molecule has 2 aromatic rings. The molecule has 1 heterocycles. The van der Waals surface area contributed by atoms with E-state index in [0.717, 1.165) is 12.4 Å². The Labute approximate surface area is 128 Å². The molecule has 1 aliphatic rings. The predicted molar refractivity (Wildman–Crippen MR) is 80.7 cm³/mol. The number of hydrogen-bond acceptors (Lipinski definition) is 4. The summed E-state index contributed by atoms with van der Waals surface area (Å²) in [5.74, 6) is 1.74. The number of hydrogen-bond donors (Lipinski definition) is 2. The predicted octanol–water partition coefficient (Wildman–Crippen LogP) is 2.53. The first-order valence-electron chi connectivity index (χ1n) is 7.44. The van der Waals surface area contributed by atoms with Crippen molar-refractivity contribution in [1.29, 1.82) is 0 Å². The van der Waals surface area contributed by atoms with Crippen molar-refractivity contribution in [3.05, 3.63) is 54.0 Å². The summed E-state index contributed by atoms with van der Waals surface area (Å²) in [6, 6.07) is 9.90. The number of nitrogens with one attached hydrogen (secondary N) is 1. The van der Waals surface area contributed by atoms with Crippen LogP contribution in [0.25, 0.3) is 0 Å². The van der Waals surface area contributed by atoms with Gasteiger partial charge in [-0.25, -0.2) is 0 Å². The van der Waals surface area contributed by atoms with Gasteiger partial charge in [0, 0.05) is 5.56 Å². The molecule has 0 radical (unpaired) electrons.